The molecular weight excluding hydrogens is 420 g/mol. The fourth-order valence-electron chi connectivity index (χ4n) is 4.24. The average molecular weight is 455 g/mol. The predicted molar refractivity (Wildman–Crippen MR) is 133 cm³/mol. The SMILES string of the molecule is CCOc1ccccc1N1C(=O)CS[C@H]1c1ccc(NC(=O)C[C@H](C)CC(C)(C)C)cc1. The van der Waals surface area contributed by atoms with E-state index in [0.717, 1.165) is 23.4 Å². The van der Waals surface area contributed by atoms with E-state index in [1.54, 1.807) is 11.8 Å². The van der Waals surface area contributed by atoms with Gasteiger partial charge in [-0.25, -0.2) is 0 Å². The molecule has 0 aliphatic carbocycles. The summed E-state index contributed by atoms with van der Waals surface area (Å²) in [5.41, 5.74) is 2.80. The summed E-state index contributed by atoms with van der Waals surface area (Å²) in [5, 5.41) is 2.88. The topological polar surface area (TPSA) is 58.6 Å². The van der Waals surface area contributed by atoms with Gasteiger partial charge >= 0.3 is 0 Å². The molecule has 2 atom stereocenters. The average Bonchev–Trinajstić information content (AvgIpc) is 3.09. The van der Waals surface area contributed by atoms with Crippen molar-refractivity contribution in [1.82, 2.24) is 0 Å². The number of carbonyl (C=O) groups excluding carboxylic acids is 2. The molecule has 2 aromatic carbocycles. The largest absolute Gasteiger partial charge is 0.492 e. The van der Waals surface area contributed by atoms with Crippen LogP contribution in [0.1, 0.15) is 58.4 Å². The summed E-state index contributed by atoms with van der Waals surface area (Å²) in [4.78, 5) is 27.0. The van der Waals surface area contributed by atoms with E-state index in [-0.39, 0.29) is 22.6 Å². The Morgan fingerprint density at radius 1 is 1.19 bits per heavy atom. The Morgan fingerprint density at radius 2 is 1.88 bits per heavy atom. The van der Waals surface area contributed by atoms with Crippen LogP contribution in [0.3, 0.4) is 0 Å². The number of ether oxygens (including phenoxy) is 1. The maximum atomic E-state index is 12.7. The van der Waals surface area contributed by atoms with Gasteiger partial charge in [0.2, 0.25) is 11.8 Å². The minimum absolute atomic E-state index is 0.0344. The third-order valence-electron chi connectivity index (χ3n) is 5.27. The van der Waals surface area contributed by atoms with Crippen LogP contribution in [0.2, 0.25) is 0 Å². The highest BCUT2D eigenvalue weighted by Gasteiger charge is 2.35. The number of thioether (sulfide) groups is 1. The minimum atomic E-state index is -0.124. The molecule has 1 aliphatic rings. The lowest BCUT2D eigenvalue weighted by atomic mass is 9.84. The number of rotatable bonds is 8. The van der Waals surface area contributed by atoms with Gasteiger partial charge in [-0.3, -0.25) is 14.5 Å². The van der Waals surface area contributed by atoms with Gasteiger partial charge in [-0.1, -0.05) is 52.0 Å². The molecular formula is C26H34N2O3S. The van der Waals surface area contributed by atoms with Crippen LogP contribution in [0, 0.1) is 11.3 Å². The monoisotopic (exact) mass is 454 g/mol. The maximum absolute atomic E-state index is 12.7. The summed E-state index contributed by atoms with van der Waals surface area (Å²) >= 11 is 1.60. The van der Waals surface area contributed by atoms with Crippen molar-refractivity contribution >= 4 is 35.0 Å². The Balaban J connectivity index is 1.70. The van der Waals surface area contributed by atoms with Gasteiger partial charge in [-0.15, -0.1) is 11.8 Å². The highest BCUT2D eigenvalue weighted by atomic mass is 32.2. The molecule has 2 aromatic rings. The van der Waals surface area contributed by atoms with Crippen LogP contribution < -0.4 is 15.0 Å². The number of benzene rings is 2. The van der Waals surface area contributed by atoms with Gasteiger partial charge < -0.3 is 10.1 Å². The first kappa shape index (κ1) is 24.2. The van der Waals surface area contributed by atoms with E-state index in [4.69, 9.17) is 4.74 Å². The highest BCUT2D eigenvalue weighted by molar-refractivity contribution is 8.00. The molecule has 1 heterocycles. The maximum Gasteiger partial charge on any atom is 0.238 e. The van der Waals surface area contributed by atoms with E-state index in [9.17, 15) is 9.59 Å². The molecule has 6 heteroatoms. The summed E-state index contributed by atoms with van der Waals surface area (Å²) in [6.07, 6.45) is 1.51. The molecule has 172 valence electrons. The van der Waals surface area contributed by atoms with Crippen molar-refractivity contribution < 1.29 is 14.3 Å². The summed E-state index contributed by atoms with van der Waals surface area (Å²) in [6, 6.07) is 15.5. The van der Waals surface area contributed by atoms with Crippen LogP contribution in [0.25, 0.3) is 0 Å². The quantitative estimate of drug-likeness (QED) is 0.511. The molecule has 0 spiro atoms. The van der Waals surface area contributed by atoms with Gasteiger partial charge in [-0.2, -0.15) is 0 Å². The van der Waals surface area contributed by atoms with Gasteiger partial charge in [0.15, 0.2) is 0 Å². The Labute approximate surface area is 195 Å². The van der Waals surface area contributed by atoms with Crippen LogP contribution >= 0.6 is 11.8 Å². The standard InChI is InChI=1S/C26H34N2O3S/c1-6-31-22-10-8-7-9-21(22)28-24(30)17-32-25(28)19-11-13-20(14-12-19)27-23(29)15-18(2)16-26(3,4)5/h7-14,18,25H,6,15-17H2,1-5H3,(H,27,29)/t18-,25-/m0/s1. The number of para-hydroxylation sites is 2. The van der Waals surface area contributed by atoms with Crippen LogP contribution in [0.5, 0.6) is 5.75 Å². The Morgan fingerprint density at radius 3 is 2.53 bits per heavy atom. The van der Waals surface area contributed by atoms with Gasteiger partial charge in [0, 0.05) is 12.1 Å². The van der Waals surface area contributed by atoms with E-state index in [0.29, 0.717) is 30.4 Å². The number of hydrogen-bond acceptors (Lipinski definition) is 4. The second kappa shape index (κ2) is 10.4. The zero-order chi connectivity index (χ0) is 23.3. The molecule has 0 saturated carbocycles. The molecule has 2 amide bonds. The Hall–Kier alpha value is -2.47. The molecule has 1 N–H and O–H groups in total. The fraction of sp³-hybridized carbons (Fsp3) is 0.462. The second-order valence-electron chi connectivity index (χ2n) is 9.57. The van der Waals surface area contributed by atoms with Crippen molar-refractivity contribution in [3.63, 3.8) is 0 Å². The molecule has 0 radical (unpaired) electrons. The molecule has 1 saturated heterocycles. The zero-order valence-electron chi connectivity index (χ0n) is 19.7. The van der Waals surface area contributed by atoms with Crippen molar-refractivity contribution in [3.05, 3.63) is 54.1 Å². The number of amides is 2. The van der Waals surface area contributed by atoms with E-state index >= 15 is 0 Å². The van der Waals surface area contributed by atoms with E-state index in [2.05, 4.69) is 33.0 Å². The second-order valence-corrected chi connectivity index (χ2v) is 10.6. The normalized spacial score (nSPS) is 17.3. The lowest BCUT2D eigenvalue weighted by Gasteiger charge is -2.26. The van der Waals surface area contributed by atoms with Gasteiger partial charge in [0.25, 0.3) is 0 Å². The first-order valence-corrected chi connectivity index (χ1v) is 12.3. The van der Waals surface area contributed by atoms with E-state index in [1.165, 1.54) is 0 Å². The fourth-order valence-corrected chi connectivity index (χ4v) is 5.41. The number of carbonyl (C=O) groups is 2. The van der Waals surface area contributed by atoms with Crippen LogP contribution in [-0.4, -0.2) is 24.2 Å². The molecule has 32 heavy (non-hydrogen) atoms. The van der Waals surface area contributed by atoms with Crippen molar-refractivity contribution in [2.75, 3.05) is 22.6 Å². The number of hydrogen-bond donors (Lipinski definition) is 1. The number of nitrogens with zero attached hydrogens (tertiary/aromatic N) is 1. The lowest BCUT2D eigenvalue weighted by molar-refractivity contribution is -0.117. The number of anilines is 2. The van der Waals surface area contributed by atoms with Gasteiger partial charge in [-0.05, 0) is 54.5 Å². The van der Waals surface area contributed by atoms with E-state index in [1.807, 2.05) is 60.4 Å². The van der Waals surface area contributed by atoms with Crippen molar-refractivity contribution in [3.8, 4) is 5.75 Å². The number of nitrogens with one attached hydrogen (secondary N) is 1. The van der Waals surface area contributed by atoms with Crippen LogP contribution in [0.15, 0.2) is 48.5 Å². The minimum Gasteiger partial charge on any atom is -0.492 e. The zero-order valence-corrected chi connectivity index (χ0v) is 20.5. The summed E-state index contributed by atoms with van der Waals surface area (Å²) < 4.78 is 5.76. The lowest BCUT2D eigenvalue weighted by Crippen LogP contribution is -2.28. The molecule has 3 rings (SSSR count). The molecule has 0 aromatic heterocycles. The first-order valence-electron chi connectivity index (χ1n) is 11.2. The van der Waals surface area contributed by atoms with Gasteiger partial charge in [0.05, 0.1) is 18.0 Å². The van der Waals surface area contributed by atoms with E-state index < -0.39 is 0 Å². The third-order valence-corrected chi connectivity index (χ3v) is 6.48. The molecule has 1 fully saturated rings. The summed E-state index contributed by atoms with van der Waals surface area (Å²) in [5.74, 6) is 1.57. The third kappa shape index (κ3) is 6.28. The molecule has 0 bridgehead atoms. The van der Waals surface area contributed by atoms with Crippen molar-refractivity contribution in [1.29, 1.82) is 0 Å². The molecule has 5 nitrogen and oxygen atoms in total. The highest BCUT2D eigenvalue weighted by Crippen LogP contribution is 2.44. The van der Waals surface area contributed by atoms with Crippen LogP contribution in [-0.2, 0) is 9.59 Å². The summed E-state index contributed by atoms with van der Waals surface area (Å²) in [6.45, 7) is 11.2. The van der Waals surface area contributed by atoms with Gasteiger partial charge in [0.1, 0.15) is 11.1 Å². The molecule has 0 unspecified atom stereocenters. The van der Waals surface area contributed by atoms with Crippen molar-refractivity contribution in [2.24, 2.45) is 11.3 Å². The predicted octanol–water partition coefficient (Wildman–Crippen LogP) is 6.26. The Kier molecular flexibility index (Phi) is 7.88. The first-order chi connectivity index (χ1) is 15.2. The van der Waals surface area contributed by atoms with Crippen LogP contribution in [0.4, 0.5) is 11.4 Å². The molecule has 1 aliphatic heterocycles. The smallest absolute Gasteiger partial charge is 0.238 e. The summed E-state index contributed by atoms with van der Waals surface area (Å²) in [7, 11) is 0. The Bertz CT molecular complexity index is 937. The van der Waals surface area contributed by atoms with Crippen molar-refractivity contribution in [2.45, 2.75) is 52.8 Å².